The van der Waals surface area contributed by atoms with E-state index >= 15 is 0 Å². The Morgan fingerprint density at radius 3 is 2.77 bits per heavy atom. The molecule has 0 amide bonds. The van der Waals surface area contributed by atoms with Crippen molar-refractivity contribution in [2.75, 3.05) is 0 Å². The fourth-order valence-corrected chi connectivity index (χ4v) is 2.99. The lowest BCUT2D eigenvalue weighted by Gasteiger charge is -2.13. The molecule has 2 aromatic carbocycles. The van der Waals surface area contributed by atoms with Crippen LogP contribution in [0.25, 0.3) is 22.8 Å². The number of aryl methyl sites for hydroxylation is 2. The van der Waals surface area contributed by atoms with Crippen molar-refractivity contribution in [3.05, 3.63) is 53.1 Å². The van der Waals surface area contributed by atoms with Gasteiger partial charge in [-0.15, -0.1) is 0 Å². The molecule has 0 aliphatic rings. The number of carbonyl (C=O) groups is 1. The zero-order valence-corrected chi connectivity index (χ0v) is 17.2. The lowest BCUT2D eigenvalue weighted by atomic mass is 10.0. The summed E-state index contributed by atoms with van der Waals surface area (Å²) in [7, 11) is 0. The lowest BCUT2D eigenvalue weighted by Crippen LogP contribution is -2.10. The van der Waals surface area contributed by atoms with Crippen LogP contribution in [0.15, 0.2) is 40.9 Å². The number of aromatic nitrogens is 2. The molecule has 0 aliphatic carbocycles. The molecular weight excluding hydrogens is 382 g/mol. The third-order valence-electron chi connectivity index (χ3n) is 4.84. The van der Waals surface area contributed by atoms with E-state index in [0.29, 0.717) is 35.0 Å². The molecule has 1 N–H and O–H groups in total. The van der Waals surface area contributed by atoms with E-state index in [1.807, 2.05) is 39.0 Å². The van der Waals surface area contributed by atoms with Gasteiger partial charge in [-0.2, -0.15) is 10.2 Å². The largest absolute Gasteiger partial charge is 0.489 e. The van der Waals surface area contributed by atoms with Crippen LogP contribution >= 0.6 is 0 Å². The van der Waals surface area contributed by atoms with Crippen molar-refractivity contribution in [3.8, 4) is 34.7 Å². The Bertz CT molecular complexity index is 1100. The molecule has 0 saturated heterocycles. The average molecular weight is 405 g/mol. The number of benzene rings is 2. The molecule has 3 aromatic rings. The molecular formula is C23H23N3O4. The molecule has 7 nitrogen and oxygen atoms in total. The van der Waals surface area contributed by atoms with Crippen LogP contribution in [0.4, 0.5) is 0 Å². The summed E-state index contributed by atoms with van der Waals surface area (Å²) >= 11 is 0. The average Bonchev–Trinajstić information content (AvgIpc) is 3.22. The standard InChI is InChI=1S/C23H23N3O4/c1-4-15(3)29-20-9-7-17(12-18(20)13-24)23-25-22(26-30-23)19-8-5-16(11-14(19)2)6-10-21(27)28/h5,7-9,11-12,15H,4,6,10H2,1-3H3,(H,27,28)/t15-/m0/s1. The smallest absolute Gasteiger partial charge is 0.303 e. The maximum atomic E-state index is 10.8. The zero-order chi connectivity index (χ0) is 21.7. The summed E-state index contributed by atoms with van der Waals surface area (Å²) in [6, 6.07) is 13.0. The van der Waals surface area contributed by atoms with Gasteiger partial charge in [-0.3, -0.25) is 4.79 Å². The van der Waals surface area contributed by atoms with Crippen molar-refractivity contribution in [1.29, 1.82) is 5.26 Å². The summed E-state index contributed by atoms with van der Waals surface area (Å²) in [5, 5.41) is 22.4. The number of carboxylic acids is 1. The van der Waals surface area contributed by atoms with Gasteiger partial charge in [0.05, 0.1) is 11.7 Å². The van der Waals surface area contributed by atoms with Gasteiger partial charge >= 0.3 is 5.97 Å². The van der Waals surface area contributed by atoms with Gasteiger partial charge in [-0.1, -0.05) is 30.3 Å². The van der Waals surface area contributed by atoms with Crippen LogP contribution in [0.3, 0.4) is 0 Å². The summed E-state index contributed by atoms with van der Waals surface area (Å²) in [4.78, 5) is 15.2. The van der Waals surface area contributed by atoms with Crippen LogP contribution < -0.4 is 4.74 Å². The summed E-state index contributed by atoms with van der Waals surface area (Å²) in [6.45, 7) is 5.89. The third-order valence-corrected chi connectivity index (χ3v) is 4.84. The molecule has 0 aliphatic heterocycles. The van der Waals surface area contributed by atoms with E-state index in [0.717, 1.165) is 23.1 Å². The molecule has 0 spiro atoms. The second-order valence-corrected chi connectivity index (χ2v) is 7.13. The Kier molecular flexibility index (Phi) is 6.48. The molecule has 30 heavy (non-hydrogen) atoms. The molecule has 1 aromatic heterocycles. The second kappa shape index (κ2) is 9.23. The van der Waals surface area contributed by atoms with Crippen LogP contribution in [0.1, 0.15) is 43.4 Å². The predicted octanol–water partition coefficient (Wildman–Crippen LogP) is 4.78. The first-order valence-electron chi connectivity index (χ1n) is 9.77. The Labute approximate surface area is 174 Å². The summed E-state index contributed by atoms with van der Waals surface area (Å²) in [6.07, 6.45) is 1.41. The number of nitriles is 1. The lowest BCUT2D eigenvalue weighted by molar-refractivity contribution is -0.136. The molecule has 0 fully saturated rings. The van der Waals surface area contributed by atoms with Crippen LogP contribution in [0.2, 0.25) is 0 Å². The SMILES string of the molecule is CC[C@H](C)Oc1ccc(-c2nc(-c3ccc(CCC(=O)O)cc3C)no2)cc1C#N. The Morgan fingerprint density at radius 2 is 2.10 bits per heavy atom. The number of hydrogen-bond acceptors (Lipinski definition) is 6. The van der Waals surface area contributed by atoms with E-state index in [-0.39, 0.29) is 12.5 Å². The summed E-state index contributed by atoms with van der Waals surface area (Å²) in [5.74, 6) is 0.455. The number of aliphatic carboxylic acids is 1. The monoisotopic (exact) mass is 405 g/mol. The van der Waals surface area contributed by atoms with Crippen molar-refractivity contribution in [2.45, 2.75) is 46.1 Å². The first-order valence-corrected chi connectivity index (χ1v) is 9.77. The van der Waals surface area contributed by atoms with E-state index in [4.69, 9.17) is 14.4 Å². The van der Waals surface area contributed by atoms with Gasteiger partial charge in [0.15, 0.2) is 0 Å². The van der Waals surface area contributed by atoms with Crippen molar-refractivity contribution >= 4 is 5.97 Å². The van der Waals surface area contributed by atoms with Gasteiger partial charge in [-0.25, -0.2) is 0 Å². The number of nitrogens with zero attached hydrogens (tertiary/aromatic N) is 3. The number of carboxylic acid groups (broad SMARTS) is 1. The van der Waals surface area contributed by atoms with Crippen LogP contribution in [-0.4, -0.2) is 27.3 Å². The third kappa shape index (κ3) is 4.84. The highest BCUT2D eigenvalue weighted by molar-refractivity contribution is 5.68. The van der Waals surface area contributed by atoms with Gasteiger partial charge in [0.2, 0.25) is 5.82 Å². The molecule has 1 heterocycles. The van der Waals surface area contributed by atoms with Crippen molar-refractivity contribution in [3.63, 3.8) is 0 Å². The fraction of sp³-hybridized carbons (Fsp3) is 0.304. The minimum Gasteiger partial charge on any atom is -0.489 e. The quantitative estimate of drug-likeness (QED) is 0.574. The minimum atomic E-state index is -0.822. The van der Waals surface area contributed by atoms with E-state index < -0.39 is 5.97 Å². The van der Waals surface area contributed by atoms with E-state index in [1.54, 1.807) is 18.2 Å². The molecule has 1 atom stereocenters. The zero-order valence-electron chi connectivity index (χ0n) is 17.2. The topological polar surface area (TPSA) is 109 Å². The second-order valence-electron chi connectivity index (χ2n) is 7.13. The van der Waals surface area contributed by atoms with E-state index in [2.05, 4.69) is 16.2 Å². The van der Waals surface area contributed by atoms with Gasteiger partial charge in [0.25, 0.3) is 5.89 Å². The minimum absolute atomic E-state index is 0.0133. The Balaban J connectivity index is 1.84. The first kappa shape index (κ1) is 21.1. The van der Waals surface area contributed by atoms with Crippen LogP contribution in [0.5, 0.6) is 5.75 Å². The first-order chi connectivity index (χ1) is 14.4. The summed E-state index contributed by atoms with van der Waals surface area (Å²) in [5.41, 5.74) is 3.73. The highest BCUT2D eigenvalue weighted by Gasteiger charge is 2.16. The number of ether oxygens (including phenoxy) is 1. The normalized spacial score (nSPS) is 11.7. The Hall–Kier alpha value is -3.66. The van der Waals surface area contributed by atoms with Crippen molar-refractivity contribution in [1.82, 2.24) is 10.1 Å². The van der Waals surface area contributed by atoms with Gasteiger partial charge in [-0.05, 0) is 56.0 Å². The number of hydrogen-bond donors (Lipinski definition) is 1. The molecule has 0 radical (unpaired) electrons. The van der Waals surface area contributed by atoms with Crippen molar-refractivity contribution < 1.29 is 19.2 Å². The van der Waals surface area contributed by atoms with Gasteiger partial charge < -0.3 is 14.4 Å². The molecule has 3 rings (SSSR count). The van der Waals surface area contributed by atoms with E-state index in [1.165, 1.54) is 0 Å². The fourth-order valence-electron chi connectivity index (χ4n) is 2.99. The molecule has 0 saturated carbocycles. The molecule has 0 bridgehead atoms. The molecule has 154 valence electrons. The van der Waals surface area contributed by atoms with Crippen LogP contribution in [-0.2, 0) is 11.2 Å². The van der Waals surface area contributed by atoms with Gasteiger partial charge in [0, 0.05) is 17.5 Å². The van der Waals surface area contributed by atoms with Gasteiger partial charge in [0.1, 0.15) is 11.8 Å². The predicted molar refractivity (Wildman–Crippen MR) is 111 cm³/mol. The highest BCUT2D eigenvalue weighted by Crippen LogP contribution is 2.29. The Morgan fingerprint density at radius 1 is 1.30 bits per heavy atom. The number of rotatable bonds is 8. The molecule has 0 unspecified atom stereocenters. The highest BCUT2D eigenvalue weighted by atomic mass is 16.5. The maximum Gasteiger partial charge on any atom is 0.303 e. The summed E-state index contributed by atoms with van der Waals surface area (Å²) < 4.78 is 11.2. The maximum absolute atomic E-state index is 10.8. The van der Waals surface area contributed by atoms with Crippen molar-refractivity contribution in [2.24, 2.45) is 0 Å². The van der Waals surface area contributed by atoms with E-state index in [9.17, 15) is 10.1 Å². The van der Waals surface area contributed by atoms with Crippen LogP contribution in [0, 0.1) is 18.3 Å². The molecule has 7 heteroatoms.